The van der Waals surface area contributed by atoms with Crippen molar-refractivity contribution < 1.29 is 24.2 Å². The fourth-order valence-corrected chi connectivity index (χ4v) is 2.86. The first kappa shape index (κ1) is 19.2. The Morgan fingerprint density at radius 2 is 1.71 bits per heavy atom. The SMILES string of the molecule is Cc1cc(-c2cc(Cl)cnc2Nc2cncc(F)c2)c(C(=O)O)cc1C(=O)O. The van der Waals surface area contributed by atoms with Crippen LogP contribution in [0.15, 0.2) is 42.9 Å². The van der Waals surface area contributed by atoms with Crippen molar-refractivity contribution in [3.63, 3.8) is 0 Å². The third-order valence-electron chi connectivity index (χ3n) is 3.94. The number of carboxylic acid groups (broad SMARTS) is 2. The summed E-state index contributed by atoms with van der Waals surface area (Å²) < 4.78 is 13.4. The van der Waals surface area contributed by atoms with E-state index in [4.69, 9.17) is 11.6 Å². The van der Waals surface area contributed by atoms with E-state index < -0.39 is 17.8 Å². The van der Waals surface area contributed by atoms with Gasteiger partial charge in [0.2, 0.25) is 0 Å². The molecule has 0 aliphatic rings. The number of carboxylic acids is 2. The van der Waals surface area contributed by atoms with Gasteiger partial charge >= 0.3 is 11.9 Å². The minimum atomic E-state index is -1.31. The van der Waals surface area contributed by atoms with Crippen LogP contribution in [0.25, 0.3) is 11.1 Å². The van der Waals surface area contributed by atoms with Gasteiger partial charge in [0.25, 0.3) is 0 Å². The zero-order valence-corrected chi connectivity index (χ0v) is 15.2. The molecule has 3 aromatic rings. The zero-order valence-electron chi connectivity index (χ0n) is 14.4. The average Bonchev–Trinajstić information content (AvgIpc) is 2.62. The first-order chi connectivity index (χ1) is 13.3. The van der Waals surface area contributed by atoms with E-state index in [1.54, 1.807) is 6.92 Å². The van der Waals surface area contributed by atoms with Gasteiger partial charge in [0.05, 0.1) is 34.2 Å². The molecule has 0 amide bonds. The number of rotatable bonds is 5. The third-order valence-corrected chi connectivity index (χ3v) is 4.14. The first-order valence-electron chi connectivity index (χ1n) is 7.91. The molecule has 2 heterocycles. The molecule has 0 radical (unpaired) electrons. The van der Waals surface area contributed by atoms with Crippen LogP contribution in [0.1, 0.15) is 26.3 Å². The number of benzene rings is 1. The number of hydrogen-bond donors (Lipinski definition) is 3. The second kappa shape index (κ2) is 7.61. The van der Waals surface area contributed by atoms with Crippen LogP contribution in [0.2, 0.25) is 5.02 Å². The monoisotopic (exact) mass is 401 g/mol. The number of carbonyl (C=O) groups is 2. The quantitative estimate of drug-likeness (QED) is 0.581. The molecule has 0 spiro atoms. The van der Waals surface area contributed by atoms with Crippen LogP contribution < -0.4 is 5.32 Å². The second-order valence-corrected chi connectivity index (χ2v) is 6.33. The van der Waals surface area contributed by atoms with Gasteiger partial charge in [0.15, 0.2) is 0 Å². The van der Waals surface area contributed by atoms with E-state index in [0.717, 1.165) is 12.3 Å². The van der Waals surface area contributed by atoms with Crippen molar-refractivity contribution >= 4 is 35.0 Å². The molecule has 142 valence electrons. The molecule has 0 aliphatic heterocycles. The summed E-state index contributed by atoms with van der Waals surface area (Å²) in [4.78, 5) is 31.0. The van der Waals surface area contributed by atoms with E-state index in [1.165, 1.54) is 30.6 Å². The smallest absolute Gasteiger partial charge is 0.336 e. The molecular weight excluding hydrogens is 389 g/mol. The van der Waals surface area contributed by atoms with Crippen molar-refractivity contribution in [3.05, 3.63) is 70.4 Å². The number of anilines is 2. The highest BCUT2D eigenvalue weighted by Gasteiger charge is 2.21. The molecule has 28 heavy (non-hydrogen) atoms. The van der Waals surface area contributed by atoms with E-state index in [0.29, 0.717) is 16.8 Å². The summed E-state index contributed by atoms with van der Waals surface area (Å²) in [6, 6.07) is 5.22. The van der Waals surface area contributed by atoms with Crippen LogP contribution in [0.3, 0.4) is 0 Å². The second-order valence-electron chi connectivity index (χ2n) is 5.89. The fourth-order valence-electron chi connectivity index (χ4n) is 2.70. The van der Waals surface area contributed by atoms with Crippen LogP contribution >= 0.6 is 11.6 Å². The Morgan fingerprint density at radius 3 is 2.36 bits per heavy atom. The van der Waals surface area contributed by atoms with Crippen LogP contribution in [0.4, 0.5) is 15.9 Å². The molecule has 0 atom stereocenters. The molecule has 3 rings (SSSR count). The minimum absolute atomic E-state index is 0.125. The molecule has 0 saturated heterocycles. The predicted molar refractivity (Wildman–Crippen MR) is 101 cm³/mol. The minimum Gasteiger partial charge on any atom is -0.478 e. The van der Waals surface area contributed by atoms with E-state index in [9.17, 15) is 24.2 Å². The molecular formula is C19H13ClFN3O4. The Morgan fingerprint density at radius 1 is 1.00 bits per heavy atom. The number of aromatic nitrogens is 2. The fraction of sp³-hybridized carbons (Fsp3) is 0.0526. The number of nitrogens with zero attached hydrogens (tertiary/aromatic N) is 2. The Bertz CT molecular complexity index is 1100. The summed E-state index contributed by atoms with van der Waals surface area (Å²) in [5.74, 6) is -2.90. The maximum Gasteiger partial charge on any atom is 0.336 e. The van der Waals surface area contributed by atoms with E-state index >= 15 is 0 Å². The molecule has 0 unspecified atom stereocenters. The Kier molecular flexibility index (Phi) is 5.23. The van der Waals surface area contributed by atoms with Gasteiger partial charge in [0.1, 0.15) is 11.6 Å². The number of pyridine rings is 2. The van der Waals surface area contributed by atoms with Crippen LogP contribution in [0.5, 0.6) is 0 Å². The number of nitrogens with one attached hydrogen (secondary N) is 1. The van der Waals surface area contributed by atoms with Crippen molar-refractivity contribution in [2.24, 2.45) is 0 Å². The van der Waals surface area contributed by atoms with Gasteiger partial charge in [-0.15, -0.1) is 0 Å². The maximum absolute atomic E-state index is 13.4. The standard InChI is InChI=1S/C19H13ClFN3O4/c1-9-2-14(16(19(27)28)5-13(9)18(25)26)15-3-10(20)6-23-17(15)24-12-4-11(21)7-22-8-12/h2-8H,1H3,(H,23,24)(H,25,26)(H,27,28). The summed E-state index contributed by atoms with van der Waals surface area (Å²) in [7, 11) is 0. The van der Waals surface area contributed by atoms with Crippen LogP contribution in [-0.2, 0) is 0 Å². The van der Waals surface area contributed by atoms with Crippen molar-refractivity contribution in [1.82, 2.24) is 9.97 Å². The lowest BCUT2D eigenvalue weighted by Crippen LogP contribution is -2.08. The molecule has 9 heteroatoms. The zero-order chi connectivity index (χ0) is 20.4. The maximum atomic E-state index is 13.4. The highest BCUT2D eigenvalue weighted by molar-refractivity contribution is 6.30. The van der Waals surface area contributed by atoms with Crippen molar-refractivity contribution in [1.29, 1.82) is 0 Å². The molecule has 2 aromatic heterocycles. The molecule has 3 N–H and O–H groups in total. The number of aromatic carboxylic acids is 2. The number of aryl methyl sites for hydroxylation is 1. The summed E-state index contributed by atoms with van der Waals surface area (Å²) in [5, 5.41) is 22.0. The lowest BCUT2D eigenvalue weighted by molar-refractivity contribution is 0.0695. The Labute approximate surface area is 163 Å². The normalized spacial score (nSPS) is 10.5. The number of halogens is 2. The summed E-state index contributed by atoms with van der Waals surface area (Å²) in [6.45, 7) is 1.56. The highest BCUT2D eigenvalue weighted by atomic mass is 35.5. The van der Waals surface area contributed by atoms with Crippen molar-refractivity contribution in [2.75, 3.05) is 5.32 Å². The van der Waals surface area contributed by atoms with E-state index in [1.807, 2.05) is 0 Å². The molecule has 1 aromatic carbocycles. The lowest BCUT2D eigenvalue weighted by atomic mass is 9.94. The van der Waals surface area contributed by atoms with Gasteiger partial charge in [-0.05, 0) is 30.7 Å². The van der Waals surface area contributed by atoms with Crippen LogP contribution in [-0.4, -0.2) is 32.1 Å². The Balaban J connectivity index is 2.20. The highest BCUT2D eigenvalue weighted by Crippen LogP contribution is 2.35. The molecule has 0 saturated carbocycles. The summed E-state index contributed by atoms with van der Waals surface area (Å²) in [6.07, 6.45) is 3.76. The largest absolute Gasteiger partial charge is 0.478 e. The molecule has 0 bridgehead atoms. The summed E-state index contributed by atoms with van der Waals surface area (Å²) in [5.41, 5.74) is 0.844. The molecule has 7 nitrogen and oxygen atoms in total. The van der Waals surface area contributed by atoms with Gasteiger partial charge < -0.3 is 15.5 Å². The topological polar surface area (TPSA) is 112 Å². The predicted octanol–water partition coefficient (Wildman–Crippen LogP) is 4.38. The first-order valence-corrected chi connectivity index (χ1v) is 8.29. The average molecular weight is 402 g/mol. The molecule has 0 fully saturated rings. The van der Waals surface area contributed by atoms with Crippen LogP contribution in [0, 0.1) is 12.7 Å². The van der Waals surface area contributed by atoms with Gasteiger partial charge in [-0.1, -0.05) is 11.6 Å². The van der Waals surface area contributed by atoms with E-state index in [-0.39, 0.29) is 27.5 Å². The van der Waals surface area contributed by atoms with Gasteiger partial charge in [0, 0.05) is 23.4 Å². The van der Waals surface area contributed by atoms with Gasteiger partial charge in [-0.2, -0.15) is 0 Å². The van der Waals surface area contributed by atoms with Crippen molar-refractivity contribution in [2.45, 2.75) is 6.92 Å². The molecule has 0 aliphatic carbocycles. The van der Waals surface area contributed by atoms with Gasteiger partial charge in [-0.25, -0.2) is 19.0 Å². The Hall–Kier alpha value is -3.52. The lowest BCUT2D eigenvalue weighted by Gasteiger charge is -2.15. The summed E-state index contributed by atoms with van der Waals surface area (Å²) >= 11 is 6.04. The van der Waals surface area contributed by atoms with Crippen molar-refractivity contribution in [3.8, 4) is 11.1 Å². The van der Waals surface area contributed by atoms with Gasteiger partial charge in [-0.3, -0.25) is 4.98 Å². The number of hydrogen-bond acceptors (Lipinski definition) is 5. The van der Waals surface area contributed by atoms with E-state index in [2.05, 4.69) is 15.3 Å². The third kappa shape index (κ3) is 3.91.